The minimum absolute atomic E-state index is 0.389. The number of hydrogen-bond donors (Lipinski definition) is 3. The molecule has 0 aliphatic carbocycles. The minimum atomic E-state index is -0.389. The highest BCUT2D eigenvalue weighted by Gasteiger charge is 2.06. The molecule has 3 N–H and O–H groups in total. The molecule has 0 radical (unpaired) electrons. The molecule has 108 valence electrons. The van der Waals surface area contributed by atoms with Crippen LogP contribution < -0.4 is 16.2 Å². The molecule has 0 aromatic heterocycles. The van der Waals surface area contributed by atoms with E-state index in [4.69, 9.17) is 12.2 Å². The summed E-state index contributed by atoms with van der Waals surface area (Å²) in [6.45, 7) is 0. The predicted molar refractivity (Wildman–Crippen MR) is 87.2 cm³/mol. The Labute approximate surface area is 128 Å². The van der Waals surface area contributed by atoms with Crippen LogP contribution in [0.2, 0.25) is 0 Å². The number of methoxy groups -OCH3 is 1. The predicted octanol–water partition coefficient (Wildman–Crippen LogP) is 2.79. The van der Waals surface area contributed by atoms with Crippen molar-refractivity contribution in [3.05, 3.63) is 60.2 Å². The Kier molecular flexibility index (Phi) is 5.11. The van der Waals surface area contributed by atoms with Crippen LogP contribution in [0.3, 0.4) is 0 Å². The lowest BCUT2D eigenvalue weighted by Crippen LogP contribution is -2.33. The molecular formula is C15H15N3O2S. The average molecular weight is 301 g/mol. The van der Waals surface area contributed by atoms with Gasteiger partial charge >= 0.3 is 5.97 Å². The van der Waals surface area contributed by atoms with Crippen LogP contribution in [0.15, 0.2) is 54.6 Å². The Bertz CT molecular complexity index is 632. The van der Waals surface area contributed by atoms with Gasteiger partial charge in [0.15, 0.2) is 5.11 Å². The summed E-state index contributed by atoms with van der Waals surface area (Å²) in [4.78, 5) is 11.5. The van der Waals surface area contributed by atoms with Crippen molar-refractivity contribution >= 4 is 34.7 Å². The van der Waals surface area contributed by atoms with Gasteiger partial charge in [0, 0.05) is 5.69 Å². The van der Waals surface area contributed by atoms with Crippen LogP contribution in [0.25, 0.3) is 0 Å². The lowest BCUT2D eigenvalue weighted by atomic mass is 10.2. The zero-order valence-corrected chi connectivity index (χ0v) is 12.2. The smallest absolute Gasteiger partial charge is 0.337 e. The van der Waals surface area contributed by atoms with Crippen LogP contribution in [0.5, 0.6) is 0 Å². The van der Waals surface area contributed by atoms with E-state index in [0.717, 1.165) is 5.69 Å². The van der Waals surface area contributed by atoms with Gasteiger partial charge in [0.25, 0.3) is 0 Å². The zero-order valence-electron chi connectivity index (χ0n) is 11.4. The maximum absolute atomic E-state index is 11.5. The van der Waals surface area contributed by atoms with Crippen molar-refractivity contribution in [3.63, 3.8) is 0 Å². The summed E-state index contributed by atoms with van der Waals surface area (Å²) in [5.74, 6) is -0.389. The van der Waals surface area contributed by atoms with E-state index in [1.807, 2.05) is 36.4 Å². The fourth-order valence-corrected chi connectivity index (χ4v) is 1.82. The molecule has 2 rings (SSSR count). The van der Waals surface area contributed by atoms with Gasteiger partial charge in [0.2, 0.25) is 0 Å². The van der Waals surface area contributed by atoms with Crippen molar-refractivity contribution < 1.29 is 9.53 Å². The van der Waals surface area contributed by atoms with E-state index < -0.39 is 0 Å². The SMILES string of the molecule is COC(=O)c1cccc(NC(=S)NNc2ccccc2)c1. The minimum Gasteiger partial charge on any atom is -0.465 e. The molecule has 0 unspecified atom stereocenters. The molecule has 6 heteroatoms. The molecule has 0 fully saturated rings. The van der Waals surface area contributed by atoms with E-state index >= 15 is 0 Å². The average Bonchev–Trinajstić information content (AvgIpc) is 2.53. The number of para-hydroxylation sites is 1. The highest BCUT2D eigenvalue weighted by atomic mass is 32.1. The van der Waals surface area contributed by atoms with Gasteiger partial charge in [0.1, 0.15) is 0 Å². The number of thiocarbonyl (C=S) groups is 1. The molecule has 21 heavy (non-hydrogen) atoms. The highest BCUT2D eigenvalue weighted by molar-refractivity contribution is 7.80. The van der Waals surface area contributed by atoms with Gasteiger partial charge in [-0.2, -0.15) is 0 Å². The van der Waals surface area contributed by atoms with E-state index in [2.05, 4.69) is 20.9 Å². The third-order valence-corrected chi connectivity index (χ3v) is 2.84. The normalized spacial score (nSPS) is 9.57. The fourth-order valence-electron chi connectivity index (χ4n) is 1.65. The fraction of sp³-hybridized carbons (Fsp3) is 0.0667. The third-order valence-electron chi connectivity index (χ3n) is 2.64. The number of hydrogen-bond acceptors (Lipinski definition) is 4. The molecule has 2 aromatic carbocycles. The summed E-state index contributed by atoms with van der Waals surface area (Å²) < 4.78 is 4.67. The largest absolute Gasteiger partial charge is 0.465 e. The number of carbonyl (C=O) groups excluding carboxylic acids is 1. The molecule has 0 aliphatic heterocycles. The molecule has 0 saturated carbocycles. The van der Waals surface area contributed by atoms with Gasteiger partial charge in [-0.15, -0.1) is 0 Å². The van der Waals surface area contributed by atoms with E-state index in [0.29, 0.717) is 16.4 Å². The van der Waals surface area contributed by atoms with Crippen molar-refractivity contribution in [3.8, 4) is 0 Å². The summed E-state index contributed by atoms with van der Waals surface area (Å²) >= 11 is 5.17. The number of hydrazine groups is 1. The van der Waals surface area contributed by atoms with Crippen molar-refractivity contribution in [2.75, 3.05) is 17.9 Å². The second-order valence-electron chi connectivity index (χ2n) is 4.14. The quantitative estimate of drug-likeness (QED) is 0.458. The standard InChI is InChI=1S/C15H15N3O2S/c1-20-14(19)11-6-5-9-13(10-11)16-15(21)18-17-12-7-3-2-4-8-12/h2-10,17H,1H3,(H2,16,18,21). The van der Waals surface area contributed by atoms with E-state index in [-0.39, 0.29) is 5.97 Å². The monoisotopic (exact) mass is 301 g/mol. The summed E-state index contributed by atoms with van der Waals surface area (Å²) in [6, 6.07) is 16.5. The summed E-state index contributed by atoms with van der Waals surface area (Å²) in [5.41, 5.74) is 7.88. The Morgan fingerprint density at radius 2 is 1.76 bits per heavy atom. The van der Waals surface area contributed by atoms with Crippen LogP contribution in [-0.2, 0) is 4.74 Å². The number of rotatable bonds is 4. The maximum Gasteiger partial charge on any atom is 0.337 e. The summed E-state index contributed by atoms with van der Waals surface area (Å²) in [7, 11) is 1.35. The highest BCUT2D eigenvalue weighted by Crippen LogP contribution is 2.11. The zero-order chi connectivity index (χ0) is 15.1. The number of esters is 1. The van der Waals surface area contributed by atoms with Gasteiger partial charge in [-0.05, 0) is 42.5 Å². The van der Waals surface area contributed by atoms with Gasteiger partial charge in [-0.1, -0.05) is 24.3 Å². The van der Waals surface area contributed by atoms with Gasteiger partial charge in [-0.3, -0.25) is 10.9 Å². The summed E-state index contributed by atoms with van der Waals surface area (Å²) in [6.07, 6.45) is 0. The van der Waals surface area contributed by atoms with Crippen molar-refractivity contribution in [1.82, 2.24) is 5.43 Å². The maximum atomic E-state index is 11.5. The van der Waals surface area contributed by atoms with Crippen LogP contribution in [0, 0.1) is 0 Å². The summed E-state index contributed by atoms with van der Waals surface area (Å²) in [5, 5.41) is 3.37. The molecule has 2 aromatic rings. The third kappa shape index (κ3) is 4.47. The Morgan fingerprint density at radius 3 is 2.48 bits per heavy atom. The lowest BCUT2D eigenvalue weighted by Gasteiger charge is -2.12. The topological polar surface area (TPSA) is 62.4 Å². The Morgan fingerprint density at radius 1 is 1.05 bits per heavy atom. The molecule has 0 heterocycles. The molecule has 0 bridgehead atoms. The number of ether oxygens (including phenoxy) is 1. The molecule has 5 nitrogen and oxygen atoms in total. The van der Waals surface area contributed by atoms with Crippen molar-refractivity contribution in [2.24, 2.45) is 0 Å². The van der Waals surface area contributed by atoms with E-state index in [1.54, 1.807) is 18.2 Å². The molecule has 0 atom stereocenters. The van der Waals surface area contributed by atoms with Gasteiger partial charge < -0.3 is 10.1 Å². The van der Waals surface area contributed by atoms with Crippen LogP contribution in [-0.4, -0.2) is 18.2 Å². The first-order valence-corrected chi connectivity index (χ1v) is 6.66. The number of nitrogens with one attached hydrogen (secondary N) is 3. The second-order valence-corrected chi connectivity index (χ2v) is 4.55. The number of benzene rings is 2. The number of anilines is 2. The molecular weight excluding hydrogens is 286 g/mol. The van der Waals surface area contributed by atoms with Crippen LogP contribution in [0.1, 0.15) is 10.4 Å². The Balaban J connectivity index is 1.92. The molecule has 0 aliphatic rings. The second kappa shape index (κ2) is 7.25. The first-order chi connectivity index (χ1) is 10.2. The Hall–Kier alpha value is -2.60. The van der Waals surface area contributed by atoms with E-state index in [9.17, 15) is 4.79 Å². The van der Waals surface area contributed by atoms with E-state index in [1.165, 1.54) is 7.11 Å². The first kappa shape index (κ1) is 14.8. The first-order valence-electron chi connectivity index (χ1n) is 6.25. The van der Waals surface area contributed by atoms with Crippen LogP contribution >= 0.6 is 12.2 Å². The lowest BCUT2D eigenvalue weighted by molar-refractivity contribution is 0.0601. The molecule has 0 saturated heterocycles. The van der Waals surface area contributed by atoms with Gasteiger partial charge in [-0.25, -0.2) is 4.79 Å². The number of carbonyl (C=O) groups is 1. The van der Waals surface area contributed by atoms with Crippen molar-refractivity contribution in [2.45, 2.75) is 0 Å². The van der Waals surface area contributed by atoms with Crippen LogP contribution in [0.4, 0.5) is 11.4 Å². The molecule has 0 amide bonds. The molecule has 0 spiro atoms. The van der Waals surface area contributed by atoms with Crippen molar-refractivity contribution in [1.29, 1.82) is 0 Å². The van der Waals surface area contributed by atoms with Gasteiger partial charge in [0.05, 0.1) is 18.4 Å².